The maximum Gasteiger partial charge on any atom is 0.409 e. The average Bonchev–Trinajstić information content (AvgIpc) is 2.97. The molecule has 1 fully saturated rings. The van der Waals surface area contributed by atoms with E-state index in [1.165, 1.54) is 0 Å². The number of fused-ring (bicyclic) bond motifs is 1. The zero-order chi connectivity index (χ0) is 16.4. The second kappa shape index (κ2) is 6.45. The van der Waals surface area contributed by atoms with Crippen LogP contribution in [0, 0.1) is 0 Å². The van der Waals surface area contributed by atoms with Crippen molar-refractivity contribution in [3.05, 3.63) is 35.2 Å². The van der Waals surface area contributed by atoms with Crippen LogP contribution in [0.3, 0.4) is 0 Å². The molecule has 1 aliphatic heterocycles. The monoisotopic (exact) mass is 336 g/mol. The number of aromatic nitrogens is 2. The summed E-state index contributed by atoms with van der Waals surface area (Å²) in [5.74, 6) is -0.145. The van der Waals surface area contributed by atoms with Crippen molar-refractivity contribution in [1.82, 2.24) is 19.2 Å². The molecule has 0 aromatic carbocycles. The van der Waals surface area contributed by atoms with Crippen LogP contribution in [0.1, 0.15) is 17.4 Å². The first-order valence-electron chi connectivity index (χ1n) is 7.43. The minimum absolute atomic E-state index is 0.145. The van der Waals surface area contributed by atoms with Crippen LogP contribution in [-0.4, -0.2) is 64.0 Å². The van der Waals surface area contributed by atoms with E-state index in [1.807, 2.05) is 0 Å². The molecule has 0 aliphatic carbocycles. The van der Waals surface area contributed by atoms with Gasteiger partial charge >= 0.3 is 6.09 Å². The molecule has 0 atom stereocenters. The fourth-order valence-corrected chi connectivity index (χ4v) is 2.70. The predicted octanol–water partition coefficient (Wildman–Crippen LogP) is 1.90. The van der Waals surface area contributed by atoms with Gasteiger partial charge in [-0.15, -0.1) is 0 Å². The van der Waals surface area contributed by atoms with Crippen LogP contribution >= 0.6 is 11.6 Å². The molecule has 2 amide bonds. The van der Waals surface area contributed by atoms with Gasteiger partial charge in [-0.1, -0.05) is 11.6 Å². The van der Waals surface area contributed by atoms with Gasteiger partial charge in [0.1, 0.15) is 11.3 Å². The second-order valence-corrected chi connectivity index (χ2v) is 5.65. The number of amides is 2. The molecular weight excluding hydrogens is 320 g/mol. The number of rotatable bonds is 2. The SMILES string of the molecule is CCOC(=O)N1CCN(C(=O)c2cn3cc(Cl)ccc3n2)CC1. The van der Waals surface area contributed by atoms with Gasteiger partial charge in [-0.05, 0) is 19.1 Å². The van der Waals surface area contributed by atoms with Gasteiger partial charge in [-0.25, -0.2) is 9.78 Å². The summed E-state index contributed by atoms with van der Waals surface area (Å²) in [6.07, 6.45) is 3.04. The molecule has 3 heterocycles. The fraction of sp³-hybridized carbons (Fsp3) is 0.400. The molecular formula is C15H17ClN4O3. The molecule has 2 aromatic rings. The molecule has 0 spiro atoms. The summed E-state index contributed by atoms with van der Waals surface area (Å²) in [5.41, 5.74) is 1.04. The van der Waals surface area contributed by atoms with Gasteiger partial charge in [0.05, 0.1) is 11.6 Å². The lowest BCUT2D eigenvalue weighted by molar-refractivity contribution is 0.0566. The number of imidazole rings is 1. The molecule has 0 N–H and O–H groups in total. The van der Waals surface area contributed by atoms with Gasteiger partial charge < -0.3 is 18.9 Å². The summed E-state index contributed by atoms with van der Waals surface area (Å²) in [4.78, 5) is 31.8. The van der Waals surface area contributed by atoms with E-state index in [0.29, 0.717) is 49.1 Å². The molecule has 1 aliphatic rings. The van der Waals surface area contributed by atoms with Crippen LogP contribution in [0.5, 0.6) is 0 Å². The highest BCUT2D eigenvalue weighted by atomic mass is 35.5. The minimum Gasteiger partial charge on any atom is -0.450 e. The van der Waals surface area contributed by atoms with E-state index in [4.69, 9.17) is 16.3 Å². The Balaban J connectivity index is 1.67. The van der Waals surface area contributed by atoms with E-state index in [1.54, 1.807) is 45.7 Å². The Bertz CT molecular complexity index is 737. The maximum atomic E-state index is 12.5. The fourth-order valence-electron chi connectivity index (χ4n) is 2.54. The highest BCUT2D eigenvalue weighted by molar-refractivity contribution is 6.30. The molecule has 0 unspecified atom stereocenters. The van der Waals surface area contributed by atoms with Gasteiger partial charge in [0.25, 0.3) is 5.91 Å². The maximum absolute atomic E-state index is 12.5. The van der Waals surface area contributed by atoms with E-state index in [2.05, 4.69) is 4.98 Å². The molecule has 7 nitrogen and oxygen atoms in total. The molecule has 8 heteroatoms. The van der Waals surface area contributed by atoms with Crippen LogP contribution < -0.4 is 0 Å². The second-order valence-electron chi connectivity index (χ2n) is 5.22. The summed E-state index contributed by atoms with van der Waals surface area (Å²) in [6, 6.07) is 3.49. The van der Waals surface area contributed by atoms with Crippen molar-refractivity contribution in [3.8, 4) is 0 Å². The zero-order valence-electron chi connectivity index (χ0n) is 12.7. The van der Waals surface area contributed by atoms with Gasteiger partial charge in [-0.2, -0.15) is 0 Å². The quantitative estimate of drug-likeness (QED) is 0.840. The van der Waals surface area contributed by atoms with Crippen molar-refractivity contribution in [1.29, 1.82) is 0 Å². The Labute approximate surface area is 138 Å². The van der Waals surface area contributed by atoms with E-state index in [0.717, 1.165) is 0 Å². The van der Waals surface area contributed by atoms with E-state index in [9.17, 15) is 9.59 Å². The Morgan fingerprint density at radius 3 is 2.57 bits per heavy atom. The smallest absolute Gasteiger partial charge is 0.409 e. The van der Waals surface area contributed by atoms with Gasteiger partial charge in [-0.3, -0.25) is 4.79 Å². The third kappa shape index (κ3) is 3.24. The van der Waals surface area contributed by atoms with Crippen molar-refractivity contribution >= 4 is 29.2 Å². The summed E-state index contributed by atoms with van der Waals surface area (Å²) in [5, 5.41) is 0.581. The van der Waals surface area contributed by atoms with Crippen molar-refractivity contribution in [2.75, 3.05) is 32.8 Å². The number of hydrogen-bond donors (Lipinski definition) is 0. The average molecular weight is 337 g/mol. The first-order valence-corrected chi connectivity index (χ1v) is 7.81. The topological polar surface area (TPSA) is 67.2 Å². The largest absolute Gasteiger partial charge is 0.450 e. The normalized spacial score (nSPS) is 15.0. The first kappa shape index (κ1) is 15.6. The lowest BCUT2D eigenvalue weighted by Gasteiger charge is -2.33. The highest BCUT2D eigenvalue weighted by Crippen LogP contribution is 2.14. The molecule has 1 saturated heterocycles. The Hall–Kier alpha value is -2.28. The molecule has 3 rings (SSSR count). The highest BCUT2D eigenvalue weighted by Gasteiger charge is 2.26. The number of piperazine rings is 1. The van der Waals surface area contributed by atoms with Crippen LogP contribution in [0.15, 0.2) is 24.5 Å². The van der Waals surface area contributed by atoms with E-state index >= 15 is 0 Å². The Morgan fingerprint density at radius 2 is 1.87 bits per heavy atom. The van der Waals surface area contributed by atoms with Crippen LogP contribution in [0.2, 0.25) is 5.02 Å². The lowest BCUT2D eigenvalue weighted by atomic mass is 10.3. The van der Waals surface area contributed by atoms with Crippen LogP contribution in [-0.2, 0) is 4.74 Å². The number of carbonyl (C=O) groups is 2. The minimum atomic E-state index is -0.332. The third-order valence-corrected chi connectivity index (χ3v) is 3.95. The molecule has 2 aromatic heterocycles. The first-order chi connectivity index (χ1) is 11.1. The molecule has 122 valence electrons. The lowest BCUT2D eigenvalue weighted by Crippen LogP contribution is -2.50. The van der Waals surface area contributed by atoms with Crippen molar-refractivity contribution < 1.29 is 14.3 Å². The van der Waals surface area contributed by atoms with Gasteiger partial charge in [0, 0.05) is 38.6 Å². The number of hydrogen-bond acceptors (Lipinski definition) is 4. The molecule has 0 bridgehead atoms. The summed E-state index contributed by atoms with van der Waals surface area (Å²) >= 11 is 5.93. The zero-order valence-corrected chi connectivity index (χ0v) is 13.5. The predicted molar refractivity (Wildman–Crippen MR) is 84.7 cm³/mol. The van der Waals surface area contributed by atoms with Crippen LogP contribution in [0.4, 0.5) is 4.79 Å². The molecule has 23 heavy (non-hydrogen) atoms. The van der Waals surface area contributed by atoms with Crippen molar-refractivity contribution in [3.63, 3.8) is 0 Å². The van der Waals surface area contributed by atoms with Crippen molar-refractivity contribution in [2.24, 2.45) is 0 Å². The van der Waals surface area contributed by atoms with E-state index in [-0.39, 0.29) is 12.0 Å². The molecule has 0 saturated carbocycles. The Kier molecular flexibility index (Phi) is 4.38. The number of pyridine rings is 1. The standard InChI is InChI=1S/C15H17ClN4O3/c1-2-23-15(22)19-7-5-18(6-8-19)14(21)12-10-20-9-11(16)3-4-13(20)17-12/h3-4,9-10H,2,5-8H2,1H3. The number of halogens is 1. The summed E-state index contributed by atoms with van der Waals surface area (Å²) < 4.78 is 6.69. The molecule has 0 radical (unpaired) electrons. The Morgan fingerprint density at radius 1 is 1.17 bits per heavy atom. The number of nitrogens with zero attached hydrogens (tertiary/aromatic N) is 4. The van der Waals surface area contributed by atoms with Gasteiger partial charge in [0.2, 0.25) is 0 Å². The van der Waals surface area contributed by atoms with Crippen molar-refractivity contribution in [2.45, 2.75) is 6.92 Å². The van der Waals surface area contributed by atoms with E-state index < -0.39 is 0 Å². The number of carbonyl (C=O) groups excluding carboxylic acids is 2. The summed E-state index contributed by atoms with van der Waals surface area (Å²) in [7, 11) is 0. The summed E-state index contributed by atoms with van der Waals surface area (Å²) in [6.45, 7) is 3.97. The number of ether oxygens (including phenoxy) is 1. The van der Waals surface area contributed by atoms with Gasteiger partial charge in [0.15, 0.2) is 0 Å². The third-order valence-electron chi connectivity index (χ3n) is 3.73. The van der Waals surface area contributed by atoms with Crippen LogP contribution in [0.25, 0.3) is 5.65 Å².